The number of hydrogen-bond donors (Lipinski definition) is 2. The van der Waals surface area contributed by atoms with Crippen molar-refractivity contribution in [3.63, 3.8) is 0 Å². The van der Waals surface area contributed by atoms with Gasteiger partial charge in [-0.3, -0.25) is 0 Å². The molecule has 0 saturated carbocycles. The van der Waals surface area contributed by atoms with Crippen molar-refractivity contribution >= 4 is 44.5 Å². The first-order valence-electron chi connectivity index (χ1n) is 8.22. The molecule has 0 amide bonds. The molecule has 2 N–H and O–H groups in total. The molecule has 0 radical (unpaired) electrons. The summed E-state index contributed by atoms with van der Waals surface area (Å²) in [5.41, 5.74) is -6.28. The van der Waals surface area contributed by atoms with Gasteiger partial charge in [0.15, 0.2) is 0 Å². The molecule has 3 rings (SSSR count). The molecule has 2 nitrogen and oxygen atoms in total. The molecule has 156 valence electrons. The van der Waals surface area contributed by atoms with Gasteiger partial charge in [0.05, 0.1) is 5.38 Å². The number of rotatable bonds is 3. The highest BCUT2D eigenvalue weighted by atomic mass is 79.9. The number of aliphatic hydroxyl groups is 1. The first-order valence-corrected chi connectivity index (χ1v) is 9.45. The molecule has 1 aliphatic rings. The fourth-order valence-electron chi connectivity index (χ4n) is 3.06. The van der Waals surface area contributed by atoms with Gasteiger partial charge in [-0.05, 0) is 30.2 Å². The summed E-state index contributed by atoms with van der Waals surface area (Å²) in [5.74, 6) is 0. The third-order valence-corrected chi connectivity index (χ3v) is 5.31. The van der Waals surface area contributed by atoms with Crippen molar-refractivity contribution < 1.29 is 31.4 Å². The van der Waals surface area contributed by atoms with Gasteiger partial charge in [0.25, 0.3) is 5.60 Å². The van der Waals surface area contributed by atoms with E-state index in [-0.39, 0.29) is 16.3 Å². The van der Waals surface area contributed by atoms with Crippen LogP contribution in [0.1, 0.15) is 17.7 Å². The van der Waals surface area contributed by atoms with Gasteiger partial charge in [0.2, 0.25) is 0 Å². The number of halogens is 8. The van der Waals surface area contributed by atoms with Gasteiger partial charge in [-0.15, -0.1) is 11.6 Å². The minimum absolute atomic E-state index is 0.00920. The minimum Gasteiger partial charge on any atom is -0.369 e. The third-order valence-electron chi connectivity index (χ3n) is 4.49. The van der Waals surface area contributed by atoms with Crippen LogP contribution in [0.3, 0.4) is 0 Å². The number of aromatic nitrogens is 1. The van der Waals surface area contributed by atoms with Crippen LogP contribution in [0.5, 0.6) is 0 Å². The number of hydrogen-bond acceptors (Lipinski definition) is 1. The smallest absolute Gasteiger partial charge is 0.369 e. The molecule has 10 heteroatoms. The molecule has 1 aromatic heterocycles. The van der Waals surface area contributed by atoms with Crippen molar-refractivity contribution in [1.82, 2.24) is 4.98 Å². The summed E-state index contributed by atoms with van der Waals surface area (Å²) in [6, 6.07) is 3.72. The number of benzene rings is 1. The van der Waals surface area contributed by atoms with E-state index in [1.165, 1.54) is 18.2 Å². The van der Waals surface area contributed by atoms with E-state index in [2.05, 4.69) is 20.9 Å². The molecule has 1 heterocycles. The van der Waals surface area contributed by atoms with Crippen LogP contribution in [0, 0.1) is 0 Å². The molecule has 0 bridgehead atoms. The molecule has 0 aliphatic heterocycles. The average Bonchev–Trinajstić information content (AvgIpc) is 2.96. The summed E-state index contributed by atoms with van der Waals surface area (Å²) in [7, 11) is 0. The number of aromatic amines is 1. The topological polar surface area (TPSA) is 36.0 Å². The van der Waals surface area contributed by atoms with Gasteiger partial charge in [0.1, 0.15) is 0 Å². The Morgan fingerprint density at radius 1 is 1.10 bits per heavy atom. The number of fused-ring (bicyclic) bond motifs is 1. The van der Waals surface area contributed by atoms with E-state index >= 15 is 0 Å². The molecule has 1 unspecified atom stereocenters. The van der Waals surface area contributed by atoms with Gasteiger partial charge in [0, 0.05) is 26.6 Å². The Hall–Kier alpha value is -1.71. The van der Waals surface area contributed by atoms with Gasteiger partial charge in [-0.25, -0.2) is 0 Å². The Kier molecular flexibility index (Phi) is 5.70. The molecule has 1 aromatic carbocycles. The van der Waals surface area contributed by atoms with Crippen LogP contribution < -0.4 is 0 Å². The Morgan fingerprint density at radius 3 is 2.31 bits per heavy atom. The third kappa shape index (κ3) is 4.00. The lowest BCUT2D eigenvalue weighted by atomic mass is 9.89. The lowest BCUT2D eigenvalue weighted by Gasteiger charge is -2.32. The van der Waals surface area contributed by atoms with Crippen molar-refractivity contribution in [2.24, 2.45) is 0 Å². The van der Waals surface area contributed by atoms with Crippen molar-refractivity contribution in [2.45, 2.75) is 29.8 Å². The largest absolute Gasteiger partial charge is 0.430 e. The zero-order chi connectivity index (χ0) is 21.6. The van der Waals surface area contributed by atoms with E-state index in [1.807, 2.05) is 0 Å². The summed E-state index contributed by atoms with van der Waals surface area (Å²) < 4.78 is 81.7. The first-order chi connectivity index (χ1) is 13.3. The van der Waals surface area contributed by atoms with Gasteiger partial charge in [-0.1, -0.05) is 46.3 Å². The molecule has 0 spiro atoms. The number of alkyl halides is 7. The quantitative estimate of drug-likeness (QED) is 0.355. The second-order valence-corrected chi connectivity index (χ2v) is 7.93. The van der Waals surface area contributed by atoms with Gasteiger partial charge >= 0.3 is 12.4 Å². The summed E-state index contributed by atoms with van der Waals surface area (Å²) in [6.45, 7) is 0. The maximum atomic E-state index is 13.5. The fourth-order valence-corrected chi connectivity index (χ4v) is 3.59. The van der Waals surface area contributed by atoms with Gasteiger partial charge < -0.3 is 10.1 Å². The molecule has 0 saturated heterocycles. The van der Waals surface area contributed by atoms with Crippen LogP contribution in [-0.2, 0) is 5.60 Å². The van der Waals surface area contributed by atoms with Crippen LogP contribution in [0.2, 0.25) is 0 Å². The van der Waals surface area contributed by atoms with Crippen LogP contribution in [0.4, 0.5) is 26.3 Å². The predicted octanol–water partition coefficient (Wildman–Crippen LogP) is 6.75. The SMILES string of the molecule is OC(c1c(/C=C/C2=CCC(Cl)C=C2)[nH]c2cc(Br)ccc12)(C(F)(F)F)C(F)(F)F. The molecule has 2 aromatic rings. The van der Waals surface area contributed by atoms with Crippen molar-refractivity contribution in [1.29, 1.82) is 0 Å². The normalized spacial score (nSPS) is 18.7. The number of nitrogens with one attached hydrogen (secondary N) is 1. The van der Waals surface area contributed by atoms with E-state index in [4.69, 9.17) is 11.6 Å². The zero-order valence-electron chi connectivity index (χ0n) is 14.4. The Labute approximate surface area is 174 Å². The molecule has 0 fully saturated rings. The highest BCUT2D eigenvalue weighted by Crippen LogP contribution is 2.53. The van der Waals surface area contributed by atoms with Crippen LogP contribution >= 0.6 is 27.5 Å². The fraction of sp³-hybridized carbons (Fsp3) is 0.263. The number of allylic oxidation sites excluding steroid dienone is 5. The van der Waals surface area contributed by atoms with Crippen molar-refractivity contribution in [3.8, 4) is 0 Å². The molecular formula is C19H13BrClF6NO. The maximum Gasteiger partial charge on any atom is 0.430 e. The minimum atomic E-state index is -5.99. The van der Waals surface area contributed by atoms with E-state index in [1.54, 1.807) is 18.2 Å². The summed E-state index contributed by atoms with van der Waals surface area (Å²) in [6.07, 6.45) is -4.11. The Morgan fingerprint density at radius 2 is 1.76 bits per heavy atom. The Bertz CT molecular complexity index is 1000. The highest BCUT2D eigenvalue weighted by molar-refractivity contribution is 9.10. The second-order valence-electron chi connectivity index (χ2n) is 6.46. The summed E-state index contributed by atoms with van der Waals surface area (Å²) >= 11 is 9.03. The zero-order valence-corrected chi connectivity index (χ0v) is 16.7. The monoisotopic (exact) mass is 499 g/mol. The summed E-state index contributed by atoms with van der Waals surface area (Å²) in [5, 5.41) is 9.38. The highest BCUT2D eigenvalue weighted by Gasteiger charge is 2.72. The Balaban J connectivity index is 2.24. The lowest BCUT2D eigenvalue weighted by molar-refractivity contribution is -0.375. The van der Waals surface area contributed by atoms with Crippen LogP contribution in [0.15, 0.2) is 52.5 Å². The first kappa shape index (κ1) is 22.0. The number of H-pyrrole nitrogens is 1. The molecular weight excluding hydrogens is 488 g/mol. The van der Waals surface area contributed by atoms with Gasteiger partial charge in [-0.2, -0.15) is 26.3 Å². The lowest BCUT2D eigenvalue weighted by Crippen LogP contribution is -2.54. The van der Waals surface area contributed by atoms with Crippen LogP contribution in [-0.4, -0.2) is 27.8 Å². The van der Waals surface area contributed by atoms with Crippen molar-refractivity contribution in [3.05, 3.63) is 63.8 Å². The molecule has 1 atom stereocenters. The maximum absolute atomic E-state index is 13.5. The molecule has 29 heavy (non-hydrogen) atoms. The summed E-state index contributed by atoms with van der Waals surface area (Å²) in [4.78, 5) is 2.55. The standard InChI is InChI=1S/C19H13BrClF6NO/c20-11-4-7-13-15(9-11)28-14(8-3-10-1-5-12(21)6-2-10)16(13)17(29,18(22,23)24)19(25,26)27/h1-5,7-9,12,28-29H,6H2/b8-3+. The average molecular weight is 501 g/mol. The van der Waals surface area contributed by atoms with E-state index in [0.29, 0.717) is 16.5 Å². The second kappa shape index (κ2) is 7.52. The molecule has 1 aliphatic carbocycles. The van der Waals surface area contributed by atoms with Crippen LogP contribution in [0.25, 0.3) is 17.0 Å². The van der Waals surface area contributed by atoms with E-state index < -0.39 is 29.2 Å². The van der Waals surface area contributed by atoms with E-state index in [9.17, 15) is 31.4 Å². The van der Waals surface area contributed by atoms with Crippen molar-refractivity contribution in [2.75, 3.05) is 0 Å². The predicted molar refractivity (Wildman–Crippen MR) is 103 cm³/mol. The van der Waals surface area contributed by atoms with E-state index in [0.717, 1.165) is 12.1 Å².